The lowest BCUT2D eigenvalue weighted by Crippen LogP contribution is -2.16. The maximum atomic E-state index is 5.12. The molecule has 0 fully saturated rings. The minimum absolute atomic E-state index is 0. The molecule has 0 aliphatic carbocycles. The van der Waals surface area contributed by atoms with Crippen molar-refractivity contribution in [3.05, 3.63) is 20.3 Å². The molecular formula is C29H53ISi4. The zero-order valence-electron chi connectivity index (χ0n) is 24.5. The molecule has 0 unspecified atom stereocenters. The minimum atomic E-state index is -1.26. The molecule has 5 heteroatoms. The summed E-state index contributed by atoms with van der Waals surface area (Å²) in [6.07, 6.45) is 5.12. The molecule has 0 spiro atoms. The van der Waals surface area contributed by atoms with Gasteiger partial charge in [0.2, 0.25) is 0 Å². The van der Waals surface area contributed by atoms with Gasteiger partial charge in [-0.1, -0.05) is 104 Å². The van der Waals surface area contributed by atoms with Gasteiger partial charge in [0.15, 0.2) is 0 Å². The first-order valence-electron chi connectivity index (χ1n) is 11.5. The molecule has 0 aliphatic heterocycles. The van der Waals surface area contributed by atoms with Crippen LogP contribution in [0.1, 0.15) is 35.1 Å². The third-order valence-electron chi connectivity index (χ3n) is 3.39. The Hall–Kier alpha value is -0.682. The predicted octanol–water partition coefficient (Wildman–Crippen LogP) is 9.81. The summed E-state index contributed by atoms with van der Waals surface area (Å²) >= 11 is 2.31. The van der Waals surface area contributed by atoms with E-state index in [9.17, 15) is 0 Å². The van der Waals surface area contributed by atoms with Crippen molar-refractivity contribution in [2.75, 3.05) is 0 Å². The Morgan fingerprint density at radius 2 is 0.706 bits per heavy atom. The Bertz CT molecular complexity index is 870. The van der Waals surface area contributed by atoms with Crippen LogP contribution in [0.15, 0.2) is 20.3 Å². The Labute approximate surface area is 233 Å². The van der Waals surface area contributed by atoms with Crippen LogP contribution in [0.25, 0.3) is 0 Å². The lowest BCUT2D eigenvalue weighted by Gasteiger charge is -2.05. The summed E-state index contributed by atoms with van der Waals surface area (Å²) in [4.78, 5) is 0. The molecular weight excluding hydrogens is 588 g/mol. The van der Waals surface area contributed by atoms with E-state index in [1.54, 1.807) is 0 Å². The first-order valence-corrected chi connectivity index (χ1v) is 26.6. The molecule has 0 heterocycles. The number of hydrogen-bond acceptors (Lipinski definition) is 0. The summed E-state index contributed by atoms with van der Waals surface area (Å²) in [5.74, 6) is 9.73. The summed E-state index contributed by atoms with van der Waals surface area (Å²) in [5.41, 5.74) is 16.3. The van der Waals surface area contributed by atoms with Gasteiger partial charge in [0.25, 0.3) is 0 Å². The molecule has 0 nitrogen and oxygen atoms in total. The van der Waals surface area contributed by atoms with Crippen LogP contribution in [0.5, 0.6) is 0 Å². The second-order valence-electron chi connectivity index (χ2n) is 12.3. The highest BCUT2D eigenvalue weighted by molar-refractivity contribution is 14.1. The van der Waals surface area contributed by atoms with E-state index < -0.39 is 32.3 Å². The fraction of sp³-hybridized carbons (Fsp3) is 0.586. The Kier molecular flexibility index (Phi) is 21.1. The van der Waals surface area contributed by atoms with Crippen LogP contribution in [0.3, 0.4) is 0 Å². The van der Waals surface area contributed by atoms with Gasteiger partial charge in [0.05, 0.1) is 0 Å². The monoisotopic (exact) mass is 640 g/mol. The number of halogens is 1. The van der Waals surface area contributed by atoms with E-state index in [1.807, 2.05) is 0 Å². The molecule has 0 atom stereocenters. The highest BCUT2D eigenvalue weighted by Crippen LogP contribution is 2.10. The van der Waals surface area contributed by atoms with Gasteiger partial charge in [0, 0.05) is 16.7 Å². The number of allylic oxidation sites excluding steroid dienone is 4. The molecule has 0 saturated carbocycles. The molecule has 0 radical (unpaired) electrons. The lowest BCUT2D eigenvalue weighted by molar-refractivity contribution is 1.43. The van der Waals surface area contributed by atoms with E-state index in [-0.39, 0.29) is 7.43 Å². The van der Waals surface area contributed by atoms with Gasteiger partial charge in [-0.3, -0.25) is 0 Å². The second kappa shape index (κ2) is 17.7. The van der Waals surface area contributed by atoms with Gasteiger partial charge < -0.3 is 0 Å². The Balaban J connectivity index is -0.000000217. The van der Waals surface area contributed by atoms with Gasteiger partial charge in [-0.15, -0.1) is 28.6 Å². The predicted molar refractivity (Wildman–Crippen MR) is 183 cm³/mol. The SMILES string of the molecule is C.C#C[Si](C)(C)C.C/C(C#C[Si](C)(C)C)=C(/C)C#C[Si](C)(C)C.C/C(I)=C(/C)C#C[Si](C)(C)C. The molecule has 0 bridgehead atoms. The van der Waals surface area contributed by atoms with Gasteiger partial charge in [-0.2, -0.15) is 0 Å². The summed E-state index contributed by atoms with van der Waals surface area (Å²) in [5, 5.41) is 0. The van der Waals surface area contributed by atoms with Crippen molar-refractivity contribution >= 4 is 54.9 Å². The zero-order valence-corrected chi connectivity index (χ0v) is 30.6. The maximum Gasteiger partial charge on any atom is 0.129 e. The summed E-state index contributed by atoms with van der Waals surface area (Å²) in [6.45, 7) is 35.1. The van der Waals surface area contributed by atoms with Crippen LogP contribution in [0.2, 0.25) is 78.6 Å². The number of rotatable bonds is 0. The highest BCUT2D eigenvalue weighted by Gasteiger charge is 2.09. The van der Waals surface area contributed by atoms with E-state index in [4.69, 9.17) is 6.42 Å². The minimum Gasteiger partial charge on any atom is -0.135 e. The standard InChI is InChI=1S/C14H24Si2.C9H15ISi.C5H10Si.CH4/c1-13(9-11-15(3,4)5)14(2)10-12-16(6,7)8;1-8(9(2)10)6-7-11(3,4)5;1-5-6(2,3)4;/h1-8H3;1-5H3;1H,2-4H3;1H4/b14-13+;9-8+;;. The Morgan fingerprint density at radius 1 is 0.500 bits per heavy atom. The molecule has 0 aromatic rings. The van der Waals surface area contributed by atoms with Crippen molar-refractivity contribution in [2.45, 2.75) is 114 Å². The topological polar surface area (TPSA) is 0 Å². The summed E-state index contributed by atoms with van der Waals surface area (Å²) < 4.78 is 1.30. The van der Waals surface area contributed by atoms with E-state index in [2.05, 4.69) is 169 Å². The van der Waals surface area contributed by atoms with E-state index in [0.29, 0.717) is 0 Å². The van der Waals surface area contributed by atoms with Gasteiger partial charge >= 0.3 is 0 Å². The van der Waals surface area contributed by atoms with E-state index in [1.165, 1.54) is 9.15 Å². The molecule has 0 N–H and O–H groups in total. The molecule has 192 valence electrons. The van der Waals surface area contributed by atoms with Gasteiger partial charge in [-0.05, 0) is 53.9 Å². The summed E-state index contributed by atoms with van der Waals surface area (Å²) in [7, 11) is -4.79. The lowest BCUT2D eigenvalue weighted by atomic mass is 10.2. The first kappa shape index (κ1) is 40.5. The van der Waals surface area contributed by atoms with Crippen LogP contribution in [-0.4, -0.2) is 32.3 Å². The quantitative estimate of drug-likeness (QED) is 0.140. The van der Waals surface area contributed by atoms with Crippen molar-refractivity contribution in [1.82, 2.24) is 0 Å². The van der Waals surface area contributed by atoms with E-state index >= 15 is 0 Å². The molecule has 0 aromatic heterocycles. The number of terminal acetylenes is 1. The number of hydrogen-bond donors (Lipinski definition) is 0. The van der Waals surface area contributed by atoms with Crippen molar-refractivity contribution in [3.63, 3.8) is 0 Å². The average molecular weight is 641 g/mol. The zero-order chi connectivity index (χ0) is 27.3. The van der Waals surface area contributed by atoms with Crippen LogP contribution in [0.4, 0.5) is 0 Å². The van der Waals surface area contributed by atoms with Crippen LogP contribution < -0.4 is 0 Å². The van der Waals surface area contributed by atoms with Crippen LogP contribution >= 0.6 is 22.6 Å². The fourth-order valence-corrected chi connectivity index (χ4v) is 2.94. The highest BCUT2D eigenvalue weighted by atomic mass is 127. The summed E-state index contributed by atoms with van der Waals surface area (Å²) in [6, 6.07) is 0. The van der Waals surface area contributed by atoms with E-state index in [0.717, 1.165) is 11.1 Å². The Morgan fingerprint density at radius 3 is 0.853 bits per heavy atom. The normalized spacial score (nSPS) is 12.2. The van der Waals surface area contributed by atoms with Crippen LogP contribution in [0, 0.1) is 46.4 Å². The van der Waals surface area contributed by atoms with Crippen LogP contribution in [-0.2, 0) is 0 Å². The van der Waals surface area contributed by atoms with Gasteiger partial charge in [0.1, 0.15) is 32.3 Å². The average Bonchev–Trinajstić information content (AvgIpc) is 2.60. The molecule has 0 amide bonds. The third-order valence-corrected chi connectivity index (χ3v) is 7.69. The third kappa shape index (κ3) is 35.9. The smallest absolute Gasteiger partial charge is 0.129 e. The molecule has 0 saturated heterocycles. The second-order valence-corrected chi connectivity index (χ2v) is 33.0. The molecule has 34 heavy (non-hydrogen) atoms. The molecule has 0 aromatic carbocycles. The van der Waals surface area contributed by atoms with Crippen molar-refractivity contribution in [2.24, 2.45) is 0 Å². The maximum absolute atomic E-state index is 5.12. The molecule has 0 aliphatic rings. The van der Waals surface area contributed by atoms with Crippen molar-refractivity contribution in [3.8, 4) is 46.4 Å². The van der Waals surface area contributed by atoms with Gasteiger partial charge in [-0.25, -0.2) is 0 Å². The van der Waals surface area contributed by atoms with Crippen molar-refractivity contribution in [1.29, 1.82) is 0 Å². The molecule has 0 rings (SSSR count). The fourth-order valence-electron chi connectivity index (χ4n) is 1.12. The van der Waals surface area contributed by atoms with Crippen molar-refractivity contribution < 1.29 is 0 Å². The first-order chi connectivity index (χ1) is 14.4. The largest absolute Gasteiger partial charge is 0.135 e.